The molecule has 8 heteroatoms. The Morgan fingerprint density at radius 1 is 1.11 bits per heavy atom. The molecule has 0 radical (unpaired) electrons. The molecule has 1 aliphatic heterocycles. The summed E-state index contributed by atoms with van der Waals surface area (Å²) in [6.45, 7) is 2.98. The van der Waals surface area contributed by atoms with E-state index >= 15 is 0 Å². The van der Waals surface area contributed by atoms with Gasteiger partial charge in [-0.2, -0.15) is 9.61 Å². The van der Waals surface area contributed by atoms with Crippen molar-refractivity contribution in [3.05, 3.63) is 42.1 Å². The number of halogens is 1. The molecule has 1 N–H and O–H groups in total. The van der Waals surface area contributed by atoms with Crippen LogP contribution in [0, 0.1) is 6.92 Å². The van der Waals surface area contributed by atoms with Crippen molar-refractivity contribution in [2.75, 3.05) is 30.4 Å². The molecule has 0 aliphatic carbocycles. The standard InChI is InChI=1S/C20H20FN7/c1-12-20(24-15-6-4-3-5-14(15)23-12)16-9-19-25-18(27-8-7-13(21)11-27)10-17(22-2)28(19)26-16/h3-6,9-10,13,22H,7-8,11H2,1-2H3. The first-order valence-electron chi connectivity index (χ1n) is 9.34. The average Bonchev–Trinajstić information content (AvgIpc) is 3.32. The van der Waals surface area contributed by atoms with Gasteiger partial charge in [-0.05, 0) is 25.5 Å². The van der Waals surface area contributed by atoms with Gasteiger partial charge in [0.2, 0.25) is 0 Å². The van der Waals surface area contributed by atoms with Crippen LogP contribution in [0.1, 0.15) is 12.1 Å². The minimum atomic E-state index is -0.799. The van der Waals surface area contributed by atoms with Crippen molar-refractivity contribution in [1.82, 2.24) is 24.6 Å². The lowest BCUT2D eigenvalue weighted by atomic mass is 10.2. The smallest absolute Gasteiger partial charge is 0.160 e. The number of alkyl halides is 1. The van der Waals surface area contributed by atoms with Crippen LogP contribution in [0.15, 0.2) is 36.4 Å². The summed E-state index contributed by atoms with van der Waals surface area (Å²) in [6.07, 6.45) is -0.259. The van der Waals surface area contributed by atoms with Gasteiger partial charge in [0.05, 0.1) is 23.3 Å². The van der Waals surface area contributed by atoms with Gasteiger partial charge in [-0.1, -0.05) is 12.1 Å². The number of anilines is 2. The maximum Gasteiger partial charge on any atom is 0.160 e. The van der Waals surface area contributed by atoms with Crippen LogP contribution in [0.5, 0.6) is 0 Å². The topological polar surface area (TPSA) is 71.2 Å². The van der Waals surface area contributed by atoms with Crippen LogP contribution in [-0.4, -0.2) is 50.9 Å². The van der Waals surface area contributed by atoms with E-state index in [0.717, 1.165) is 34.1 Å². The highest BCUT2D eigenvalue weighted by atomic mass is 19.1. The molecule has 4 heterocycles. The molecule has 1 saturated heterocycles. The Kier molecular flexibility index (Phi) is 3.85. The van der Waals surface area contributed by atoms with Crippen molar-refractivity contribution in [1.29, 1.82) is 0 Å². The molecule has 7 nitrogen and oxygen atoms in total. The Morgan fingerprint density at radius 2 is 1.89 bits per heavy atom. The normalized spacial score (nSPS) is 17.0. The fourth-order valence-electron chi connectivity index (χ4n) is 3.67. The number of nitrogens with zero attached hydrogens (tertiary/aromatic N) is 6. The van der Waals surface area contributed by atoms with E-state index in [1.165, 1.54) is 0 Å². The molecule has 0 amide bonds. The molecule has 1 fully saturated rings. The predicted molar refractivity (Wildman–Crippen MR) is 108 cm³/mol. The summed E-state index contributed by atoms with van der Waals surface area (Å²) >= 11 is 0. The Hall–Kier alpha value is -3.29. The van der Waals surface area contributed by atoms with Gasteiger partial charge in [-0.15, -0.1) is 0 Å². The first kappa shape index (κ1) is 16.9. The van der Waals surface area contributed by atoms with E-state index in [1.807, 2.05) is 55.3 Å². The average molecular weight is 377 g/mol. The number of nitrogens with one attached hydrogen (secondary N) is 1. The summed E-state index contributed by atoms with van der Waals surface area (Å²) in [5.41, 5.74) is 4.63. The molecule has 1 unspecified atom stereocenters. The maximum absolute atomic E-state index is 13.6. The van der Waals surface area contributed by atoms with E-state index in [2.05, 4.69) is 10.3 Å². The fraction of sp³-hybridized carbons (Fsp3) is 0.300. The van der Waals surface area contributed by atoms with Gasteiger partial charge >= 0.3 is 0 Å². The molecular formula is C20H20FN7. The largest absolute Gasteiger partial charge is 0.373 e. The highest BCUT2D eigenvalue weighted by molar-refractivity contribution is 5.78. The summed E-state index contributed by atoms with van der Waals surface area (Å²) in [7, 11) is 1.84. The van der Waals surface area contributed by atoms with Crippen LogP contribution in [0.2, 0.25) is 0 Å². The molecule has 0 saturated carbocycles. The van der Waals surface area contributed by atoms with Crippen molar-refractivity contribution in [3.8, 4) is 11.4 Å². The minimum Gasteiger partial charge on any atom is -0.373 e. The Labute approximate surface area is 161 Å². The first-order chi connectivity index (χ1) is 13.6. The van der Waals surface area contributed by atoms with Crippen LogP contribution in [0.3, 0.4) is 0 Å². The van der Waals surface area contributed by atoms with Gasteiger partial charge in [0, 0.05) is 25.7 Å². The van der Waals surface area contributed by atoms with Crippen LogP contribution in [0.4, 0.5) is 16.0 Å². The zero-order valence-electron chi connectivity index (χ0n) is 15.7. The van der Waals surface area contributed by atoms with Gasteiger partial charge < -0.3 is 10.2 Å². The van der Waals surface area contributed by atoms with E-state index in [0.29, 0.717) is 30.9 Å². The molecule has 1 atom stereocenters. The lowest BCUT2D eigenvalue weighted by Gasteiger charge is -2.17. The van der Waals surface area contributed by atoms with Crippen LogP contribution in [-0.2, 0) is 0 Å². The first-order valence-corrected chi connectivity index (χ1v) is 9.34. The predicted octanol–water partition coefficient (Wildman–Crippen LogP) is 3.24. The van der Waals surface area contributed by atoms with Crippen LogP contribution < -0.4 is 10.2 Å². The Balaban J connectivity index is 1.64. The number of para-hydroxylation sites is 2. The van der Waals surface area contributed by atoms with Gasteiger partial charge in [0.15, 0.2) is 5.65 Å². The Morgan fingerprint density at radius 3 is 2.61 bits per heavy atom. The molecule has 5 rings (SSSR count). The van der Waals surface area contributed by atoms with Gasteiger partial charge in [0.25, 0.3) is 0 Å². The van der Waals surface area contributed by atoms with E-state index in [4.69, 9.17) is 15.1 Å². The van der Waals surface area contributed by atoms with E-state index in [9.17, 15) is 4.39 Å². The monoisotopic (exact) mass is 377 g/mol. The highest BCUT2D eigenvalue weighted by Crippen LogP contribution is 2.27. The van der Waals surface area contributed by atoms with Crippen LogP contribution in [0.25, 0.3) is 28.1 Å². The van der Waals surface area contributed by atoms with Crippen molar-refractivity contribution in [2.24, 2.45) is 0 Å². The number of rotatable bonds is 3. The number of aryl methyl sites for hydroxylation is 1. The summed E-state index contributed by atoms with van der Waals surface area (Å²) in [5.74, 6) is 1.55. The van der Waals surface area contributed by atoms with Gasteiger partial charge in [0.1, 0.15) is 29.2 Å². The number of hydrogen-bond donors (Lipinski definition) is 1. The third-order valence-electron chi connectivity index (χ3n) is 5.11. The van der Waals surface area contributed by atoms with Crippen molar-refractivity contribution in [3.63, 3.8) is 0 Å². The summed E-state index contributed by atoms with van der Waals surface area (Å²) in [6, 6.07) is 11.6. The zero-order valence-corrected chi connectivity index (χ0v) is 15.7. The zero-order chi connectivity index (χ0) is 19.3. The summed E-state index contributed by atoms with van der Waals surface area (Å²) in [5, 5.41) is 7.86. The number of benzene rings is 1. The van der Waals surface area contributed by atoms with Crippen molar-refractivity contribution >= 4 is 28.3 Å². The van der Waals surface area contributed by atoms with E-state index in [1.54, 1.807) is 4.52 Å². The number of fused-ring (bicyclic) bond motifs is 2. The lowest BCUT2D eigenvalue weighted by Crippen LogP contribution is -2.21. The molecule has 0 spiro atoms. The number of aromatic nitrogens is 5. The van der Waals surface area contributed by atoms with E-state index < -0.39 is 6.17 Å². The van der Waals surface area contributed by atoms with Crippen molar-refractivity contribution < 1.29 is 4.39 Å². The third-order valence-corrected chi connectivity index (χ3v) is 5.11. The second kappa shape index (κ2) is 6.40. The summed E-state index contributed by atoms with van der Waals surface area (Å²) < 4.78 is 15.4. The highest BCUT2D eigenvalue weighted by Gasteiger charge is 2.24. The van der Waals surface area contributed by atoms with Crippen molar-refractivity contribution in [2.45, 2.75) is 19.5 Å². The van der Waals surface area contributed by atoms with Crippen LogP contribution >= 0.6 is 0 Å². The molecule has 4 aromatic rings. The molecule has 1 aromatic carbocycles. The molecule has 3 aromatic heterocycles. The van der Waals surface area contributed by atoms with Gasteiger partial charge in [-0.3, -0.25) is 0 Å². The second-order valence-corrected chi connectivity index (χ2v) is 7.03. The van der Waals surface area contributed by atoms with Gasteiger partial charge in [-0.25, -0.2) is 19.3 Å². The van der Waals surface area contributed by atoms with E-state index in [-0.39, 0.29) is 0 Å². The number of hydrogen-bond acceptors (Lipinski definition) is 6. The molecule has 142 valence electrons. The minimum absolute atomic E-state index is 0.378. The third kappa shape index (κ3) is 2.72. The molecular weight excluding hydrogens is 357 g/mol. The molecule has 0 bridgehead atoms. The quantitative estimate of drug-likeness (QED) is 0.591. The second-order valence-electron chi connectivity index (χ2n) is 7.03. The lowest BCUT2D eigenvalue weighted by molar-refractivity contribution is 0.364. The summed E-state index contributed by atoms with van der Waals surface area (Å²) in [4.78, 5) is 16.1. The SMILES string of the molecule is CNc1cc(N2CCC(F)C2)nc2cc(-c3nc4ccccc4nc3C)nn12. The molecule has 28 heavy (non-hydrogen) atoms. The molecule has 1 aliphatic rings. The fourth-order valence-corrected chi connectivity index (χ4v) is 3.67. The Bertz CT molecular complexity index is 1190. The maximum atomic E-state index is 13.6.